The highest BCUT2D eigenvalue weighted by Gasteiger charge is 2.29. The van der Waals surface area contributed by atoms with Crippen LogP contribution in [0.2, 0.25) is 5.02 Å². The van der Waals surface area contributed by atoms with E-state index >= 15 is 0 Å². The number of benzene rings is 2. The summed E-state index contributed by atoms with van der Waals surface area (Å²) in [5.41, 5.74) is 0.880. The van der Waals surface area contributed by atoms with Crippen LogP contribution >= 0.6 is 11.6 Å². The fraction of sp³-hybridized carbons (Fsp3) is 0.364. The van der Waals surface area contributed by atoms with Gasteiger partial charge in [-0.05, 0) is 62.6 Å². The van der Waals surface area contributed by atoms with E-state index in [4.69, 9.17) is 16.3 Å². The number of nitrogens with zero attached hydrogens (tertiary/aromatic N) is 1. The van der Waals surface area contributed by atoms with Crippen molar-refractivity contribution >= 4 is 44.9 Å². The number of rotatable bonds is 7. The Bertz CT molecular complexity index is 1140. The van der Waals surface area contributed by atoms with Gasteiger partial charge in [-0.2, -0.15) is 0 Å². The number of nitrogens with one attached hydrogen (secondary N) is 1. The van der Waals surface area contributed by atoms with Crippen molar-refractivity contribution in [2.24, 2.45) is 5.92 Å². The van der Waals surface area contributed by atoms with Crippen molar-refractivity contribution in [1.29, 1.82) is 0 Å². The van der Waals surface area contributed by atoms with Gasteiger partial charge in [0.1, 0.15) is 0 Å². The number of anilines is 2. The van der Waals surface area contributed by atoms with Crippen molar-refractivity contribution in [3.63, 3.8) is 0 Å². The van der Waals surface area contributed by atoms with Crippen molar-refractivity contribution in [2.45, 2.75) is 31.6 Å². The Labute approximate surface area is 192 Å². The molecule has 0 spiro atoms. The van der Waals surface area contributed by atoms with Gasteiger partial charge in [0.2, 0.25) is 0 Å². The average Bonchev–Trinajstić information content (AvgIpc) is 2.75. The number of hydrogen-bond acceptors (Lipinski definition) is 6. The number of carboxylic acid groups (broad SMARTS) is 1. The van der Waals surface area contributed by atoms with E-state index in [2.05, 4.69) is 4.72 Å². The maximum absolute atomic E-state index is 12.8. The van der Waals surface area contributed by atoms with Crippen molar-refractivity contribution in [3.8, 4) is 0 Å². The molecule has 0 amide bonds. The lowest BCUT2D eigenvalue weighted by Gasteiger charge is -2.34. The van der Waals surface area contributed by atoms with E-state index in [0.29, 0.717) is 42.2 Å². The number of hydrogen-bond donors (Lipinski definition) is 2. The fourth-order valence-electron chi connectivity index (χ4n) is 3.78. The molecule has 2 aromatic carbocycles. The molecule has 0 radical (unpaired) electrons. The third-order valence-electron chi connectivity index (χ3n) is 5.37. The lowest BCUT2D eigenvalue weighted by atomic mass is 9.97. The molecule has 0 aliphatic carbocycles. The normalized spacial score (nSPS) is 16.5. The summed E-state index contributed by atoms with van der Waals surface area (Å²) < 4.78 is 33.2. The van der Waals surface area contributed by atoms with Gasteiger partial charge in [-0.3, -0.25) is 9.52 Å². The third-order valence-corrected chi connectivity index (χ3v) is 7.30. The number of carbonyl (C=O) groups is 2. The zero-order chi connectivity index (χ0) is 23.5. The summed E-state index contributed by atoms with van der Waals surface area (Å²) in [4.78, 5) is 25.9. The van der Waals surface area contributed by atoms with Crippen LogP contribution in [0, 0.1) is 12.8 Å². The van der Waals surface area contributed by atoms with E-state index in [1.54, 1.807) is 26.0 Å². The molecule has 2 N–H and O–H groups in total. The Morgan fingerprint density at radius 2 is 2.03 bits per heavy atom. The van der Waals surface area contributed by atoms with Gasteiger partial charge >= 0.3 is 11.9 Å². The van der Waals surface area contributed by atoms with Gasteiger partial charge in [-0.15, -0.1) is 0 Å². The highest BCUT2D eigenvalue weighted by molar-refractivity contribution is 7.92. The number of aromatic carboxylic acids is 1. The molecule has 172 valence electrons. The Kier molecular flexibility index (Phi) is 7.30. The largest absolute Gasteiger partial charge is 0.478 e. The van der Waals surface area contributed by atoms with E-state index in [9.17, 15) is 23.1 Å². The maximum atomic E-state index is 12.8. The molecule has 0 aromatic heterocycles. The monoisotopic (exact) mass is 480 g/mol. The molecule has 0 saturated carbocycles. The molecule has 1 saturated heterocycles. The SMILES string of the molecule is CCOC(=O)[C@H]1CCCN(c2ccc(NS(=O)(=O)c3cccc(Cl)c3C)cc2C(=O)O)C1. The van der Waals surface area contributed by atoms with E-state index < -0.39 is 16.0 Å². The number of sulfonamides is 1. The first-order valence-electron chi connectivity index (χ1n) is 10.2. The summed E-state index contributed by atoms with van der Waals surface area (Å²) in [6.07, 6.45) is 1.39. The highest BCUT2D eigenvalue weighted by atomic mass is 35.5. The van der Waals surface area contributed by atoms with Gasteiger partial charge in [0.15, 0.2) is 0 Å². The number of esters is 1. The van der Waals surface area contributed by atoms with E-state index in [-0.39, 0.29) is 34.6 Å². The summed E-state index contributed by atoms with van der Waals surface area (Å²) in [5, 5.41) is 10.1. The van der Waals surface area contributed by atoms with Crippen LogP contribution in [0.15, 0.2) is 41.3 Å². The Hall–Kier alpha value is -2.78. The molecular weight excluding hydrogens is 456 g/mol. The molecule has 1 aliphatic rings. The van der Waals surface area contributed by atoms with Crippen LogP contribution in [0.4, 0.5) is 11.4 Å². The number of piperidine rings is 1. The van der Waals surface area contributed by atoms with Crippen LogP contribution in [0.5, 0.6) is 0 Å². The van der Waals surface area contributed by atoms with Gasteiger partial charge in [0.25, 0.3) is 10.0 Å². The van der Waals surface area contributed by atoms with Crippen LogP contribution in [0.1, 0.15) is 35.7 Å². The van der Waals surface area contributed by atoms with Gasteiger partial charge < -0.3 is 14.7 Å². The summed E-state index contributed by atoms with van der Waals surface area (Å²) in [6, 6.07) is 8.90. The van der Waals surface area contributed by atoms with E-state index in [1.165, 1.54) is 24.3 Å². The molecule has 10 heteroatoms. The molecule has 1 aliphatic heterocycles. The topological polar surface area (TPSA) is 113 Å². The van der Waals surface area contributed by atoms with Crippen LogP contribution in [0.3, 0.4) is 0 Å². The summed E-state index contributed by atoms with van der Waals surface area (Å²) in [6.45, 7) is 4.55. The minimum Gasteiger partial charge on any atom is -0.478 e. The van der Waals surface area contributed by atoms with Crippen LogP contribution in [-0.2, 0) is 19.6 Å². The number of halogens is 1. The Balaban J connectivity index is 1.89. The lowest BCUT2D eigenvalue weighted by Crippen LogP contribution is -2.40. The van der Waals surface area contributed by atoms with E-state index in [0.717, 1.165) is 0 Å². The van der Waals surface area contributed by atoms with Crippen LogP contribution in [0.25, 0.3) is 0 Å². The Morgan fingerprint density at radius 1 is 1.28 bits per heavy atom. The van der Waals surface area contributed by atoms with Crippen LogP contribution in [-0.4, -0.2) is 45.2 Å². The molecule has 1 fully saturated rings. The second-order valence-electron chi connectivity index (χ2n) is 7.54. The van der Waals surface area contributed by atoms with E-state index in [1.807, 2.05) is 4.90 Å². The second-order valence-corrected chi connectivity index (χ2v) is 9.60. The predicted molar refractivity (Wildman–Crippen MR) is 122 cm³/mol. The zero-order valence-corrected chi connectivity index (χ0v) is 19.4. The van der Waals surface area contributed by atoms with Gasteiger partial charge in [0, 0.05) is 23.8 Å². The smallest absolute Gasteiger partial charge is 0.337 e. The van der Waals surface area contributed by atoms with Gasteiger partial charge in [0.05, 0.1) is 28.7 Å². The van der Waals surface area contributed by atoms with Gasteiger partial charge in [-0.1, -0.05) is 17.7 Å². The first-order chi connectivity index (χ1) is 15.1. The number of carbonyl (C=O) groups excluding carboxylic acids is 1. The van der Waals surface area contributed by atoms with Crippen LogP contribution < -0.4 is 9.62 Å². The molecule has 0 unspecified atom stereocenters. The van der Waals surface area contributed by atoms with Crippen molar-refractivity contribution in [2.75, 3.05) is 29.3 Å². The molecule has 8 nitrogen and oxygen atoms in total. The van der Waals surface area contributed by atoms with Crippen molar-refractivity contribution < 1.29 is 27.9 Å². The summed E-state index contributed by atoms with van der Waals surface area (Å²) >= 11 is 6.04. The summed E-state index contributed by atoms with van der Waals surface area (Å²) in [7, 11) is -3.98. The molecule has 3 rings (SSSR count). The fourth-order valence-corrected chi connectivity index (χ4v) is 5.33. The second kappa shape index (κ2) is 9.79. The van der Waals surface area contributed by atoms with Crippen molar-refractivity contribution in [3.05, 3.63) is 52.5 Å². The zero-order valence-electron chi connectivity index (χ0n) is 17.8. The lowest BCUT2D eigenvalue weighted by molar-refractivity contribution is -0.148. The first-order valence-corrected chi connectivity index (χ1v) is 12.1. The van der Waals surface area contributed by atoms with Crippen molar-refractivity contribution in [1.82, 2.24) is 0 Å². The molecule has 1 heterocycles. The quantitative estimate of drug-likeness (QED) is 0.577. The Morgan fingerprint density at radius 3 is 2.72 bits per heavy atom. The minimum atomic E-state index is -3.98. The maximum Gasteiger partial charge on any atom is 0.337 e. The first kappa shape index (κ1) is 23.9. The highest BCUT2D eigenvalue weighted by Crippen LogP contribution is 2.31. The third kappa shape index (κ3) is 5.16. The van der Waals surface area contributed by atoms with Gasteiger partial charge in [-0.25, -0.2) is 13.2 Å². The molecule has 0 bridgehead atoms. The average molecular weight is 481 g/mol. The predicted octanol–water partition coefficient (Wildman–Crippen LogP) is 3.93. The standard InChI is InChI=1S/C22H25ClN2O6S/c1-3-31-22(28)15-6-5-11-25(13-15)19-10-9-16(12-17(19)21(26)27)24-32(29,30)20-8-4-7-18(23)14(20)2/h4,7-10,12,15,24H,3,5-6,11,13H2,1-2H3,(H,26,27)/t15-/m0/s1. The molecule has 32 heavy (non-hydrogen) atoms. The minimum absolute atomic E-state index is 0.0132. The number of ether oxygens (including phenoxy) is 1. The number of carboxylic acids is 1. The molecular formula is C22H25ClN2O6S. The molecule has 2 aromatic rings. The summed E-state index contributed by atoms with van der Waals surface area (Å²) in [5.74, 6) is -1.83. The molecule has 1 atom stereocenters.